The Morgan fingerprint density at radius 3 is 1.74 bits per heavy atom. The van der Waals surface area contributed by atoms with Gasteiger partial charge in [0.15, 0.2) is 0 Å². The van der Waals surface area contributed by atoms with Crippen LogP contribution in [-0.4, -0.2) is 111 Å². The molecule has 13 heteroatoms. The number of hydrogen-bond donors (Lipinski definition) is 4. The zero-order valence-corrected chi connectivity index (χ0v) is 18.4. The topological polar surface area (TPSA) is 195 Å². The molecule has 0 radical (unpaired) electrons. The molecule has 1 fully saturated rings. The van der Waals surface area contributed by atoms with E-state index in [1.54, 1.807) is 18.3 Å². The monoisotopic (exact) mass is 481 g/mol. The highest BCUT2D eigenvalue weighted by molar-refractivity contribution is 5.90. The first-order chi connectivity index (χ1) is 16.0. The molecule has 0 amide bonds. The fourth-order valence-corrected chi connectivity index (χ4v) is 2.19. The number of nitrogens with zero attached hydrogens (tertiary/aromatic N) is 3. The maximum atomic E-state index is 11.6. The van der Waals surface area contributed by atoms with Crippen molar-refractivity contribution in [1.29, 1.82) is 0 Å². The minimum absolute atomic E-state index is 0.294. The third-order valence-corrected chi connectivity index (χ3v) is 3.87. The minimum Gasteiger partial charge on any atom is -0.478 e. The Labute approximate surface area is 195 Å². The van der Waals surface area contributed by atoms with E-state index >= 15 is 0 Å². The number of carbonyl (C=O) groups is 5. The van der Waals surface area contributed by atoms with Crippen LogP contribution in [0.3, 0.4) is 0 Å². The van der Waals surface area contributed by atoms with Crippen LogP contribution in [0.5, 0.6) is 0 Å². The maximum Gasteiger partial charge on any atom is 0.339 e. The Kier molecular flexibility index (Phi) is 15.4. The van der Waals surface area contributed by atoms with Crippen LogP contribution in [0.1, 0.15) is 10.4 Å². The molecule has 0 unspecified atom stereocenters. The van der Waals surface area contributed by atoms with E-state index in [1.807, 2.05) is 0 Å². The van der Waals surface area contributed by atoms with Crippen LogP contribution < -0.4 is 0 Å². The number of pyridine rings is 1. The molecular weight excluding hydrogens is 454 g/mol. The van der Waals surface area contributed by atoms with Crippen LogP contribution in [-0.2, 0) is 23.9 Å². The number of piperazine rings is 1. The predicted octanol–water partition coefficient (Wildman–Crippen LogP) is -0.0906. The van der Waals surface area contributed by atoms with Gasteiger partial charge in [-0.05, 0) is 19.2 Å². The van der Waals surface area contributed by atoms with Crippen LogP contribution in [0.4, 0.5) is 0 Å². The van der Waals surface area contributed by atoms with Gasteiger partial charge in [-0.25, -0.2) is 24.0 Å². The van der Waals surface area contributed by atoms with Crippen molar-refractivity contribution in [3.63, 3.8) is 0 Å². The molecule has 1 aromatic heterocycles. The third kappa shape index (κ3) is 17.6. The van der Waals surface area contributed by atoms with Gasteiger partial charge in [0.2, 0.25) is 0 Å². The summed E-state index contributed by atoms with van der Waals surface area (Å²) in [6.45, 7) is 5.49. The number of esters is 1. The Morgan fingerprint density at radius 2 is 1.35 bits per heavy atom. The Balaban J connectivity index is 0.000000570. The number of carboxylic acids is 4. The van der Waals surface area contributed by atoms with Crippen molar-refractivity contribution in [2.24, 2.45) is 0 Å². The molecule has 0 aliphatic carbocycles. The molecule has 0 bridgehead atoms. The molecule has 13 nitrogen and oxygen atoms in total. The van der Waals surface area contributed by atoms with Crippen molar-refractivity contribution in [3.05, 3.63) is 54.4 Å². The SMILES string of the molecule is CN1CCN(CCOC(=O)c2cccnc2)CC1.O=C(O)C=CC(=O)O.O=C(O)C=CC(=O)O. The van der Waals surface area contributed by atoms with Crippen molar-refractivity contribution in [2.75, 3.05) is 46.4 Å². The van der Waals surface area contributed by atoms with Crippen LogP contribution in [0.15, 0.2) is 48.8 Å². The smallest absolute Gasteiger partial charge is 0.339 e. The molecule has 2 rings (SSSR count). The first kappa shape index (κ1) is 29.9. The van der Waals surface area contributed by atoms with Gasteiger partial charge in [0.05, 0.1) is 5.56 Å². The fourth-order valence-electron chi connectivity index (χ4n) is 2.19. The molecule has 186 valence electrons. The molecule has 1 aromatic rings. The van der Waals surface area contributed by atoms with Crippen LogP contribution in [0.25, 0.3) is 0 Å². The highest BCUT2D eigenvalue weighted by Crippen LogP contribution is 2.01. The quantitative estimate of drug-likeness (QED) is 0.284. The Hall–Kier alpha value is -4.10. The highest BCUT2D eigenvalue weighted by atomic mass is 16.5. The lowest BCUT2D eigenvalue weighted by molar-refractivity contribution is -0.134. The molecular formula is C21H27N3O10. The van der Waals surface area contributed by atoms with Crippen molar-refractivity contribution in [3.8, 4) is 0 Å². The number of aliphatic carboxylic acids is 4. The number of aromatic nitrogens is 1. The van der Waals surface area contributed by atoms with Gasteiger partial charge in [-0.15, -0.1) is 0 Å². The van der Waals surface area contributed by atoms with Crippen molar-refractivity contribution in [1.82, 2.24) is 14.8 Å². The number of rotatable bonds is 8. The summed E-state index contributed by atoms with van der Waals surface area (Å²) in [5.74, 6) is -5.32. The van der Waals surface area contributed by atoms with Gasteiger partial charge in [0.25, 0.3) is 0 Å². The molecule has 1 saturated heterocycles. The van der Waals surface area contributed by atoms with Crippen molar-refractivity contribution in [2.45, 2.75) is 0 Å². The summed E-state index contributed by atoms with van der Waals surface area (Å²) in [6, 6.07) is 3.45. The first-order valence-electron chi connectivity index (χ1n) is 9.77. The van der Waals surface area contributed by atoms with Gasteiger partial charge >= 0.3 is 29.8 Å². The van der Waals surface area contributed by atoms with E-state index in [2.05, 4.69) is 21.8 Å². The molecule has 0 saturated carbocycles. The van der Waals surface area contributed by atoms with E-state index in [-0.39, 0.29) is 5.97 Å². The average Bonchev–Trinajstić information content (AvgIpc) is 2.79. The molecule has 34 heavy (non-hydrogen) atoms. The van der Waals surface area contributed by atoms with E-state index in [0.717, 1.165) is 32.7 Å². The fraction of sp³-hybridized carbons (Fsp3) is 0.333. The standard InChI is InChI=1S/C13H19N3O2.2C4H4O4/c1-15-5-7-16(8-6-15)9-10-18-13(17)12-3-2-4-14-11-12;2*5-3(6)1-2-4(7)8/h2-4,11H,5-10H2,1H3;2*1-2H,(H,5,6)(H,7,8). The lowest BCUT2D eigenvalue weighted by atomic mass is 10.3. The first-order valence-corrected chi connectivity index (χ1v) is 9.77. The predicted molar refractivity (Wildman–Crippen MR) is 117 cm³/mol. The number of carboxylic acid groups (broad SMARTS) is 4. The number of likely N-dealkylation sites (N-methyl/N-ethyl adjacent to an activating group) is 1. The van der Waals surface area contributed by atoms with Gasteiger partial charge in [0.1, 0.15) is 6.61 Å². The van der Waals surface area contributed by atoms with E-state index < -0.39 is 23.9 Å². The summed E-state index contributed by atoms with van der Waals surface area (Å²) in [6.07, 6.45) is 5.40. The summed E-state index contributed by atoms with van der Waals surface area (Å²) in [5.41, 5.74) is 0.510. The van der Waals surface area contributed by atoms with Gasteiger partial charge in [-0.1, -0.05) is 0 Å². The molecule has 1 aliphatic heterocycles. The maximum absolute atomic E-state index is 11.6. The third-order valence-electron chi connectivity index (χ3n) is 3.87. The van der Waals surface area contributed by atoms with E-state index in [1.165, 1.54) is 6.20 Å². The van der Waals surface area contributed by atoms with E-state index in [0.29, 0.717) is 36.5 Å². The molecule has 1 aliphatic rings. The van der Waals surface area contributed by atoms with Crippen LogP contribution in [0.2, 0.25) is 0 Å². The van der Waals surface area contributed by atoms with Crippen LogP contribution >= 0.6 is 0 Å². The van der Waals surface area contributed by atoms with Gasteiger partial charge in [-0.2, -0.15) is 0 Å². The van der Waals surface area contributed by atoms with Crippen LogP contribution in [0, 0.1) is 0 Å². The minimum atomic E-state index is -1.26. The van der Waals surface area contributed by atoms with Gasteiger partial charge in [0, 0.05) is 69.4 Å². The van der Waals surface area contributed by atoms with Crippen molar-refractivity contribution < 1.29 is 49.1 Å². The lowest BCUT2D eigenvalue weighted by Crippen LogP contribution is -2.45. The Morgan fingerprint density at radius 1 is 0.882 bits per heavy atom. The summed E-state index contributed by atoms with van der Waals surface area (Å²) in [5, 5.41) is 31.2. The van der Waals surface area contributed by atoms with Gasteiger partial charge < -0.3 is 30.1 Å². The molecule has 4 N–H and O–H groups in total. The van der Waals surface area contributed by atoms with E-state index in [9.17, 15) is 24.0 Å². The normalized spacial score (nSPS) is 13.8. The number of hydrogen-bond acceptors (Lipinski definition) is 9. The second kappa shape index (κ2) is 17.5. The Bertz CT molecular complexity index is 797. The summed E-state index contributed by atoms with van der Waals surface area (Å²) in [7, 11) is 2.12. The average molecular weight is 481 g/mol. The highest BCUT2D eigenvalue weighted by Gasteiger charge is 2.14. The lowest BCUT2D eigenvalue weighted by Gasteiger charge is -2.31. The number of carbonyl (C=O) groups excluding carboxylic acids is 1. The number of ether oxygens (including phenoxy) is 1. The summed E-state index contributed by atoms with van der Waals surface area (Å²) < 4.78 is 5.22. The zero-order valence-electron chi connectivity index (χ0n) is 18.4. The second-order valence-corrected chi connectivity index (χ2v) is 6.54. The van der Waals surface area contributed by atoms with Gasteiger partial charge in [-0.3, -0.25) is 9.88 Å². The largest absolute Gasteiger partial charge is 0.478 e. The molecule has 0 aromatic carbocycles. The molecule has 0 atom stereocenters. The molecule has 2 heterocycles. The van der Waals surface area contributed by atoms with E-state index in [4.69, 9.17) is 25.2 Å². The summed E-state index contributed by atoms with van der Waals surface area (Å²) >= 11 is 0. The van der Waals surface area contributed by atoms with Crippen molar-refractivity contribution >= 4 is 29.8 Å². The summed E-state index contributed by atoms with van der Waals surface area (Å²) in [4.78, 5) is 58.4. The zero-order chi connectivity index (χ0) is 25.9. The molecule has 0 spiro atoms. The second-order valence-electron chi connectivity index (χ2n) is 6.54.